The highest BCUT2D eigenvalue weighted by atomic mass is 19.1. The minimum Gasteiger partial charge on any atom is -0.494 e. The average Bonchev–Trinajstić information content (AvgIpc) is 3.40. The number of guanidine groups is 1. The molecule has 0 bridgehead atoms. The molecule has 1 aliphatic carbocycles. The van der Waals surface area contributed by atoms with Gasteiger partial charge in [-0.2, -0.15) is 0 Å². The number of halogens is 1. The lowest BCUT2D eigenvalue weighted by Gasteiger charge is -2.19. The molecule has 3 atom stereocenters. The summed E-state index contributed by atoms with van der Waals surface area (Å²) in [5.41, 5.74) is 3.56. The van der Waals surface area contributed by atoms with E-state index in [0.717, 1.165) is 17.9 Å². The van der Waals surface area contributed by atoms with Crippen molar-refractivity contribution in [2.24, 2.45) is 4.99 Å². The average molecular weight is 355 g/mol. The molecule has 138 valence electrons. The number of methoxy groups -OCH3 is 1. The summed E-state index contributed by atoms with van der Waals surface area (Å²) in [6.07, 6.45) is 1.09. The molecule has 1 saturated carbocycles. The fourth-order valence-electron chi connectivity index (χ4n) is 3.29. The van der Waals surface area contributed by atoms with Gasteiger partial charge in [0.1, 0.15) is 0 Å². The molecule has 0 spiro atoms. The number of rotatable bonds is 5. The van der Waals surface area contributed by atoms with Gasteiger partial charge in [-0.1, -0.05) is 30.3 Å². The number of hydrogen-bond donors (Lipinski definition) is 2. The van der Waals surface area contributed by atoms with Crippen LogP contribution in [0.15, 0.2) is 47.5 Å². The summed E-state index contributed by atoms with van der Waals surface area (Å²) in [7, 11) is 3.22. The molecular formula is C21H26FN3O. The number of aliphatic imine (C=N–C) groups is 1. The summed E-state index contributed by atoms with van der Waals surface area (Å²) >= 11 is 0. The molecule has 2 N–H and O–H groups in total. The highest BCUT2D eigenvalue weighted by Gasteiger charge is 2.39. The Balaban J connectivity index is 1.60. The quantitative estimate of drug-likeness (QED) is 0.631. The normalized spacial score (nSPS) is 20.4. The predicted molar refractivity (Wildman–Crippen MR) is 103 cm³/mol. The summed E-state index contributed by atoms with van der Waals surface area (Å²) in [6, 6.07) is 13.8. The number of ether oxygens (including phenoxy) is 1. The Labute approximate surface area is 154 Å². The SMILES string of the molecule is CN=C(NC(C)c1ccc(OC)c(F)c1)NC1CC1c1ccccc1C. The molecule has 4 nitrogen and oxygen atoms in total. The van der Waals surface area contributed by atoms with Crippen molar-refractivity contribution >= 4 is 5.96 Å². The topological polar surface area (TPSA) is 45.7 Å². The van der Waals surface area contributed by atoms with Crippen molar-refractivity contribution in [3.05, 3.63) is 65.0 Å². The molecule has 0 amide bonds. The zero-order valence-corrected chi connectivity index (χ0v) is 15.7. The molecular weight excluding hydrogens is 329 g/mol. The van der Waals surface area contributed by atoms with Gasteiger partial charge in [-0.25, -0.2) is 4.39 Å². The van der Waals surface area contributed by atoms with Gasteiger partial charge >= 0.3 is 0 Å². The van der Waals surface area contributed by atoms with Gasteiger partial charge in [0.2, 0.25) is 0 Å². The maximum atomic E-state index is 13.9. The van der Waals surface area contributed by atoms with Crippen LogP contribution in [0.3, 0.4) is 0 Å². The van der Waals surface area contributed by atoms with Crippen LogP contribution >= 0.6 is 0 Å². The monoisotopic (exact) mass is 355 g/mol. The summed E-state index contributed by atoms with van der Waals surface area (Å²) in [5.74, 6) is 1.14. The maximum absolute atomic E-state index is 13.9. The van der Waals surface area contributed by atoms with Gasteiger partial charge in [0.25, 0.3) is 0 Å². The van der Waals surface area contributed by atoms with Crippen LogP contribution in [-0.2, 0) is 0 Å². The maximum Gasteiger partial charge on any atom is 0.191 e. The van der Waals surface area contributed by atoms with E-state index in [0.29, 0.717) is 12.0 Å². The first kappa shape index (κ1) is 18.2. The van der Waals surface area contributed by atoms with Crippen LogP contribution in [0, 0.1) is 12.7 Å². The summed E-state index contributed by atoms with van der Waals surface area (Å²) in [4.78, 5) is 4.32. The molecule has 1 aliphatic rings. The molecule has 0 aromatic heterocycles. The summed E-state index contributed by atoms with van der Waals surface area (Å²) < 4.78 is 18.9. The fraction of sp³-hybridized carbons (Fsp3) is 0.381. The molecule has 2 aromatic rings. The molecule has 1 fully saturated rings. The van der Waals surface area contributed by atoms with Crippen LogP contribution in [0.1, 0.15) is 42.0 Å². The second-order valence-electron chi connectivity index (χ2n) is 6.78. The fourth-order valence-corrected chi connectivity index (χ4v) is 3.29. The van der Waals surface area contributed by atoms with Gasteiger partial charge in [0.05, 0.1) is 13.2 Å². The van der Waals surface area contributed by atoms with Crippen molar-refractivity contribution in [1.82, 2.24) is 10.6 Å². The Morgan fingerprint density at radius 2 is 2.04 bits per heavy atom. The first-order valence-corrected chi connectivity index (χ1v) is 8.92. The third-order valence-corrected chi connectivity index (χ3v) is 4.95. The van der Waals surface area contributed by atoms with E-state index >= 15 is 0 Å². The Hall–Kier alpha value is -2.56. The van der Waals surface area contributed by atoms with E-state index < -0.39 is 0 Å². The molecule has 0 saturated heterocycles. The van der Waals surface area contributed by atoms with Crippen molar-refractivity contribution in [1.29, 1.82) is 0 Å². The number of hydrogen-bond acceptors (Lipinski definition) is 2. The predicted octanol–water partition coefficient (Wildman–Crippen LogP) is 3.92. The lowest BCUT2D eigenvalue weighted by Crippen LogP contribution is -2.40. The Morgan fingerprint density at radius 3 is 2.69 bits per heavy atom. The van der Waals surface area contributed by atoms with Crippen molar-refractivity contribution in [3.63, 3.8) is 0 Å². The lowest BCUT2D eigenvalue weighted by molar-refractivity contribution is 0.386. The molecule has 3 rings (SSSR count). The number of nitrogens with zero attached hydrogens (tertiary/aromatic N) is 1. The molecule has 0 aliphatic heterocycles. The van der Waals surface area contributed by atoms with E-state index in [2.05, 4.69) is 46.8 Å². The van der Waals surface area contributed by atoms with Gasteiger partial charge in [-0.05, 0) is 49.1 Å². The Bertz CT molecular complexity index is 806. The van der Waals surface area contributed by atoms with Gasteiger partial charge in [0, 0.05) is 19.0 Å². The van der Waals surface area contributed by atoms with E-state index in [1.54, 1.807) is 13.1 Å². The van der Waals surface area contributed by atoms with Gasteiger partial charge in [-0.3, -0.25) is 4.99 Å². The van der Waals surface area contributed by atoms with Crippen molar-refractivity contribution < 1.29 is 9.13 Å². The first-order valence-electron chi connectivity index (χ1n) is 8.92. The van der Waals surface area contributed by atoms with Crippen molar-refractivity contribution in [2.75, 3.05) is 14.2 Å². The minimum atomic E-state index is -0.358. The highest BCUT2D eigenvalue weighted by molar-refractivity contribution is 5.81. The molecule has 3 unspecified atom stereocenters. The van der Waals surface area contributed by atoms with Crippen LogP contribution in [0.2, 0.25) is 0 Å². The van der Waals surface area contributed by atoms with Crippen LogP contribution in [-0.4, -0.2) is 26.2 Å². The zero-order valence-electron chi connectivity index (χ0n) is 15.7. The molecule has 5 heteroatoms. The summed E-state index contributed by atoms with van der Waals surface area (Å²) in [6.45, 7) is 4.14. The van der Waals surface area contributed by atoms with Gasteiger partial charge in [0.15, 0.2) is 17.5 Å². The largest absolute Gasteiger partial charge is 0.494 e. The zero-order chi connectivity index (χ0) is 18.7. The Kier molecular flexibility index (Phi) is 5.45. The van der Waals surface area contributed by atoms with Crippen molar-refractivity contribution in [3.8, 4) is 5.75 Å². The van der Waals surface area contributed by atoms with E-state index in [9.17, 15) is 4.39 Å². The highest BCUT2D eigenvalue weighted by Crippen LogP contribution is 2.42. The van der Waals surface area contributed by atoms with E-state index in [1.807, 2.05) is 13.0 Å². The minimum absolute atomic E-state index is 0.0720. The summed E-state index contributed by atoms with van der Waals surface area (Å²) in [5, 5.41) is 6.81. The van der Waals surface area contributed by atoms with E-state index in [4.69, 9.17) is 4.74 Å². The number of nitrogens with one attached hydrogen (secondary N) is 2. The number of aryl methyl sites for hydroxylation is 1. The molecule has 2 aromatic carbocycles. The van der Waals surface area contributed by atoms with Crippen LogP contribution in [0.5, 0.6) is 5.75 Å². The third-order valence-electron chi connectivity index (χ3n) is 4.95. The lowest BCUT2D eigenvalue weighted by atomic mass is 10.0. The number of benzene rings is 2. The second-order valence-corrected chi connectivity index (χ2v) is 6.78. The van der Waals surface area contributed by atoms with Crippen LogP contribution in [0.4, 0.5) is 4.39 Å². The van der Waals surface area contributed by atoms with Gasteiger partial charge < -0.3 is 15.4 Å². The standard InChI is InChI=1S/C21H26FN3O/c1-13-7-5-6-8-16(13)17-12-19(17)25-21(23-3)24-14(2)15-9-10-20(26-4)18(22)11-15/h5-11,14,17,19H,12H2,1-4H3,(H2,23,24,25). The molecule has 26 heavy (non-hydrogen) atoms. The molecule has 0 radical (unpaired) electrons. The van der Waals surface area contributed by atoms with Gasteiger partial charge in [-0.15, -0.1) is 0 Å². The Morgan fingerprint density at radius 1 is 1.27 bits per heavy atom. The first-order chi connectivity index (χ1) is 12.5. The molecule has 0 heterocycles. The van der Waals surface area contributed by atoms with Crippen LogP contribution in [0.25, 0.3) is 0 Å². The third kappa shape index (κ3) is 3.98. The second kappa shape index (κ2) is 7.77. The van der Waals surface area contributed by atoms with Crippen LogP contribution < -0.4 is 15.4 Å². The van der Waals surface area contributed by atoms with E-state index in [-0.39, 0.29) is 17.6 Å². The van der Waals surface area contributed by atoms with Crippen molar-refractivity contribution in [2.45, 2.75) is 38.3 Å². The van der Waals surface area contributed by atoms with E-state index in [1.165, 1.54) is 24.3 Å². The smallest absolute Gasteiger partial charge is 0.191 e.